The lowest BCUT2D eigenvalue weighted by atomic mass is 10.2. The van der Waals surface area contributed by atoms with Gasteiger partial charge in [-0.25, -0.2) is 0 Å². The number of hydrogen-bond acceptors (Lipinski definition) is 3. The number of carbonyl (C=O) groups is 1. The van der Waals surface area contributed by atoms with E-state index in [0.717, 1.165) is 36.2 Å². The number of ether oxygens (including phenoxy) is 1. The molecule has 1 rings (SSSR count). The van der Waals surface area contributed by atoms with Crippen molar-refractivity contribution in [2.75, 3.05) is 19.7 Å². The zero-order chi connectivity index (χ0) is 13.2. The van der Waals surface area contributed by atoms with E-state index in [4.69, 9.17) is 10.5 Å². The van der Waals surface area contributed by atoms with E-state index in [2.05, 4.69) is 21.2 Å². The van der Waals surface area contributed by atoms with Crippen molar-refractivity contribution in [2.45, 2.75) is 19.3 Å². The third-order valence-electron chi connectivity index (χ3n) is 2.37. The zero-order valence-electron chi connectivity index (χ0n) is 10.3. The Bertz CT molecular complexity index is 372. The van der Waals surface area contributed by atoms with E-state index in [1.165, 1.54) is 0 Å². The Morgan fingerprint density at radius 3 is 2.89 bits per heavy atom. The summed E-state index contributed by atoms with van der Waals surface area (Å²) in [5.74, 6) is 0.632. The number of nitrogens with one attached hydrogen (secondary N) is 1. The van der Waals surface area contributed by atoms with E-state index in [0.29, 0.717) is 13.0 Å². The standard InChI is InChI=1S/C13H19BrN2O2/c14-11-4-3-5-12(10-11)18-9-8-16-7-2-1-6-13(15)17/h3-5,10,16H,1-2,6-9H2,(H2,15,17). The predicted molar refractivity (Wildman–Crippen MR) is 75.6 cm³/mol. The van der Waals surface area contributed by atoms with Gasteiger partial charge in [0.15, 0.2) is 0 Å². The van der Waals surface area contributed by atoms with Crippen LogP contribution in [0.1, 0.15) is 19.3 Å². The first kappa shape index (κ1) is 15.0. The molecule has 1 aromatic rings. The molecule has 1 amide bonds. The Balaban J connectivity index is 1.97. The Labute approximate surface area is 116 Å². The highest BCUT2D eigenvalue weighted by atomic mass is 79.9. The second-order valence-electron chi connectivity index (χ2n) is 3.98. The summed E-state index contributed by atoms with van der Waals surface area (Å²) < 4.78 is 6.58. The lowest BCUT2D eigenvalue weighted by Gasteiger charge is -2.07. The number of halogens is 1. The first-order valence-electron chi connectivity index (χ1n) is 6.06. The van der Waals surface area contributed by atoms with Crippen LogP contribution in [0.2, 0.25) is 0 Å². The highest BCUT2D eigenvalue weighted by Crippen LogP contribution is 2.17. The molecule has 0 aromatic heterocycles. The van der Waals surface area contributed by atoms with Crippen LogP contribution in [0.25, 0.3) is 0 Å². The average Bonchev–Trinajstić information content (AvgIpc) is 2.32. The van der Waals surface area contributed by atoms with Gasteiger partial charge in [0.25, 0.3) is 0 Å². The van der Waals surface area contributed by atoms with Crippen molar-refractivity contribution in [3.05, 3.63) is 28.7 Å². The van der Waals surface area contributed by atoms with Crippen LogP contribution < -0.4 is 15.8 Å². The van der Waals surface area contributed by atoms with Gasteiger partial charge in [-0.3, -0.25) is 4.79 Å². The molecule has 0 fully saturated rings. The quantitative estimate of drug-likeness (QED) is 0.686. The summed E-state index contributed by atoms with van der Waals surface area (Å²) in [7, 11) is 0. The largest absolute Gasteiger partial charge is 0.492 e. The van der Waals surface area contributed by atoms with Crippen LogP contribution in [-0.4, -0.2) is 25.6 Å². The minimum atomic E-state index is -0.229. The number of primary amides is 1. The molecular weight excluding hydrogens is 296 g/mol. The lowest BCUT2D eigenvalue weighted by molar-refractivity contribution is -0.118. The van der Waals surface area contributed by atoms with E-state index in [9.17, 15) is 4.79 Å². The summed E-state index contributed by atoms with van der Waals surface area (Å²) >= 11 is 3.39. The predicted octanol–water partition coefficient (Wildman–Crippen LogP) is 2.07. The Morgan fingerprint density at radius 2 is 2.17 bits per heavy atom. The van der Waals surface area contributed by atoms with Gasteiger partial charge in [0, 0.05) is 17.4 Å². The summed E-state index contributed by atoms with van der Waals surface area (Å²) in [5, 5.41) is 3.26. The van der Waals surface area contributed by atoms with Gasteiger partial charge in [0.1, 0.15) is 12.4 Å². The van der Waals surface area contributed by atoms with E-state index >= 15 is 0 Å². The SMILES string of the molecule is NC(=O)CCCCNCCOc1cccc(Br)c1. The van der Waals surface area contributed by atoms with Crippen molar-refractivity contribution >= 4 is 21.8 Å². The molecule has 3 N–H and O–H groups in total. The lowest BCUT2D eigenvalue weighted by Crippen LogP contribution is -2.22. The highest BCUT2D eigenvalue weighted by molar-refractivity contribution is 9.10. The molecule has 0 bridgehead atoms. The fraction of sp³-hybridized carbons (Fsp3) is 0.462. The summed E-state index contributed by atoms with van der Waals surface area (Å²) in [6, 6.07) is 7.77. The van der Waals surface area contributed by atoms with Gasteiger partial charge in [-0.1, -0.05) is 22.0 Å². The summed E-state index contributed by atoms with van der Waals surface area (Å²) in [5.41, 5.74) is 5.05. The fourth-order valence-corrected chi connectivity index (χ4v) is 1.85. The van der Waals surface area contributed by atoms with Crippen LogP contribution in [-0.2, 0) is 4.79 Å². The molecule has 4 nitrogen and oxygen atoms in total. The molecular formula is C13H19BrN2O2. The van der Waals surface area contributed by atoms with Gasteiger partial charge in [-0.2, -0.15) is 0 Å². The maximum atomic E-state index is 10.5. The smallest absolute Gasteiger partial charge is 0.217 e. The number of hydrogen-bond donors (Lipinski definition) is 2. The maximum absolute atomic E-state index is 10.5. The number of nitrogens with two attached hydrogens (primary N) is 1. The Kier molecular flexibility index (Phi) is 7.44. The molecule has 0 aliphatic rings. The third kappa shape index (κ3) is 7.29. The first-order chi connectivity index (χ1) is 8.68. The van der Waals surface area contributed by atoms with Gasteiger partial charge in [-0.15, -0.1) is 0 Å². The topological polar surface area (TPSA) is 64.4 Å². The van der Waals surface area contributed by atoms with Crippen LogP contribution in [0, 0.1) is 0 Å². The van der Waals surface area contributed by atoms with Crippen molar-refractivity contribution in [1.82, 2.24) is 5.32 Å². The molecule has 0 radical (unpaired) electrons. The number of rotatable bonds is 9. The van der Waals surface area contributed by atoms with E-state index in [-0.39, 0.29) is 5.91 Å². The number of benzene rings is 1. The number of carbonyl (C=O) groups excluding carboxylic acids is 1. The van der Waals surface area contributed by atoms with Crippen molar-refractivity contribution < 1.29 is 9.53 Å². The van der Waals surface area contributed by atoms with E-state index < -0.39 is 0 Å². The molecule has 0 saturated heterocycles. The van der Waals surface area contributed by atoms with E-state index in [1.54, 1.807) is 0 Å². The summed E-state index contributed by atoms with van der Waals surface area (Å²) in [4.78, 5) is 10.5. The van der Waals surface area contributed by atoms with Gasteiger partial charge >= 0.3 is 0 Å². The van der Waals surface area contributed by atoms with Crippen molar-refractivity contribution in [2.24, 2.45) is 5.73 Å². The molecule has 5 heteroatoms. The minimum absolute atomic E-state index is 0.229. The van der Waals surface area contributed by atoms with Crippen LogP contribution in [0.15, 0.2) is 28.7 Å². The van der Waals surface area contributed by atoms with Gasteiger partial charge < -0.3 is 15.8 Å². The Morgan fingerprint density at radius 1 is 1.33 bits per heavy atom. The molecule has 0 aliphatic carbocycles. The van der Waals surface area contributed by atoms with Crippen molar-refractivity contribution in [3.8, 4) is 5.75 Å². The third-order valence-corrected chi connectivity index (χ3v) is 2.86. The summed E-state index contributed by atoms with van der Waals surface area (Å²) in [6.45, 7) is 2.31. The first-order valence-corrected chi connectivity index (χ1v) is 6.85. The van der Waals surface area contributed by atoms with Gasteiger partial charge in [0.2, 0.25) is 5.91 Å². The van der Waals surface area contributed by atoms with Crippen molar-refractivity contribution in [1.29, 1.82) is 0 Å². The maximum Gasteiger partial charge on any atom is 0.217 e. The second kappa shape index (κ2) is 8.94. The van der Waals surface area contributed by atoms with E-state index in [1.807, 2.05) is 24.3 Å². The molecule has 100 valence electrons. The van der Waals surface area contributed by atoms with Crippen molar-refractivity contribution in [3.63, 3.8) is 0 Å². The highest BCUT2D eigenvalue weighted by Gasteiger charge is 1.96. The van der Waals surface area contributed by atoms with Crippen LogP contribution in [0.4, 0.5) is 0 Å². The Hall–Kier alpha value is -1.07. The van der Waals surface area contributed by atoms with Crippen LogP contribution in [0.5, 0.6) is 5.75 Å². The molecule has 0 atom stereocenters. The molecule has 0 saturated carbocycles. The number of unbranched alkanes of at least 4 members (excludes halogenated alkanes) is 1. The molecule has 0 spiro atoms. The molecule has 18 heavy (non-hydrogen) atoms. The average molecular weight is 315 g/mol. The zero-order valence-corrected chi connectivity index (χ0v) is 11.9. The number of amides is 1. The monoisotopic (exact) mass is 314 g/mol. The summed E-state index contributed by atoms with van der Waals surface area (Å²) in [6.07, 6.45) is 2.27. The molecule has 0 unspecified atom stereocenters. The second-order valence-corrected chi connectivity index (χ2v) is 4.89. The molecule has 0 heterocycles. The normalized spacial score (nSPS) is 10.3. The minimum Gasteiger partial charge on any atom is -0.492 e. The van der Waals surface area contributed by atoms with Crippen LogP contribution in [0.3, 0.4) is 0 Å². The molecule has 0 aliphatic heterocycles. The fourth-order valence-electron chi connectivity index (χ4n) is 1.47. The van der Waals surface area contributed by atoms with Gasteiger partial charge in [-0.05, 0) is 37.6 Å². The van der Waals surface area contributed by atoms with Crippen LogP contribution >= 0.6 is 15.9 Å². The molecule has 1 aromatic carbocycles. The van der Waals surface area contributed by atoms with Gasteiger partial charge in [0.05, 0.1) is 0 Å².